The van der Waals surface area contributed by atoms with E-state index in [0.29, 0.717) is 16.9 Å². The Balaban J connectivity index is 2.30. The summed E-state index contributed by atoms with van der Waals surface area (Å²) in [7, 11) is 0. The van der Waals surface area contributed by atoms with Crippen LogP contribution in [0, 0.1) is 22.7 Å². The first-order valence-electron chi connectivity index (χ1n) is 7.21. The second-order valence-electron chi connectivity index (χ2n) is 4.91. The molecule has 0 atom stereocenters. The number of esters is 1. The van der Waals surface area contributed by atoms with Crippen molar-refractivity contribution in [3.63, 3.8) is 0 Å². The number of ether oxygens (including phenoxy) is 1. The molecule has 0 heterocycles. The first-order chi connectivity index (χ1) is 11.7. The van der Waals surface area contributed by atoms with Crippen molar-refractivity contribution in [2.45, 2.75) is 6.92 Å². The first-order valence-corrected chi connectivity index (χ1v) is 7.21. The lowest BCUT2D eigenvalue weighted by molar-refractivity contribution is 0.0734. The third-order valence-electron chi connectivity index (χ3n) is 3.26. The molecule has 0 aliphatic heterocycles. The second kappa shape index (κ2) is 8.12. The molecule has 0 radical (unpaired) electrons. The summed E-state index contributed by atoms with van der Waals surface area (Å²) in [6.45, 7) is 1.82. The SMILES string of the molecule is C/C(=C\C=C(C#N)C#N)c1ccccc1OC(=O)c1ccccc1. The number of hydrogen-bond donors (Lipinski definition) is 0. The van der Waals surface area contributed by atoms with Gasteiger partial charge in [-0.15, -0.1) is 0 Å². The van der Waals surface area contributed by atoms with E-state index in [0.717, 1.165) is 5.57 Å². The summed E-state index contributed by atoms with van der Waals surface area (Å²) in [4.78, 5) is 12.2. The van der Waals surface area contributed by atoms with Gasteiger partial charge in [-0.2, -0.15) is 10.5 Å². The van der Waals surface area contributed by atoms with Crippen LogP contribution in [-0.2, 0) is 0 Å². The van der Waals surface area contributed by atoms with Crippen LogP contribution in [0.1, 0.15) is 22.8 Å². The molecule has 0 spiro atoms. The number of nitrogens with zero attached hydrogens (tertiary/aromatic N) is 2. The van der Waals surface area contributed by atoms with Crippen molar-refractivity contribution in [3.8, 4) is 17.9 Å². The standard InChI is InChI=1S/C20H14N2O2/c1-15(11-12-16(13-21)14-22)18-9-5-6-10-19(18)24-20(23)17-7-3-2-4-8-17/h2-12H,1H3/b15-11+. The van der Waals surface area contributed by atoms with Crippen LogP contribution in [0.5, 0.6) is 5.75 Å². The Kier molecular flexibility index (Phi) is 5.66. The molecule has 0 N–H and O–H groups in total. The van der Waals surface area contributed by atoms with Gasteiger partial charge in [0.05, 0.1) is 5.56 Å². The Morgan fingerprint density at radius 1 is 0.958 bits per heavy atom. The predicted octanol–water partition coefficient (Wildman–Crippen LogP) is 4.28. The molecule has 0 aliphatic carbocycles. The van der Waals surface area contributed by atoms with Gasteiger partial charge in [0.15, 0.2) is 0 Å². The van der Waals surface area contributed by atoms with Gasteiger partial charge in [-0.1, -0.05) is 42.5 Å². The highest BCUT2D eigenvalue weighted by Crippen LogP contribution is 2.26. The molecule has 0 aliphatic rings. The second-order valence-corrected chi connectivity index (χ2v) is 4.91. The number of para-hydroxylation sites is 1. The molecule has 0 bridgehead atoms. The summed E-state index contributed by atoms with van der Waals surface area (Å²) < 4.78 is 5.48. The van der Waals surface area contributed by atoms with Crippen molar-refractivity contribution in [1.82, 2.24) is 0 Å². The molecule has 2 aromatic carbocycles. The number of nitriles is 2. The van der Waals surface area contributed by atoms with Crippen LogP contribution in [-0.4, -0.2) is 5.97 Å². The molecule has 4 heteroatoms. The number of rotatable bonds is 4. The van der Waals surface area contributed by atoms with Crippen molar-refractivity contribution < 1.29 is 9.53 Å². The minimum absolute atomic E-state index is 0.00751. The van der Waals surface area contributed by atoms with Crippen LogP contribution in [0.2, 0.25) is 0 Å². The van der Waals surface area contributed by atoms with Gasteiger partial charge in [0, 0.05) is 5.56 Å². The van der Waals surface area contributed by atoms with E-state index >= 15 is 0 Å². The number of benzene rings is 2. The van der Waals surface area contributed by atoms with Gasteiger partial charge in [-0.05, 0) is 36.8 Å². The molecule has 4 nitrogen and oxygen atoms in total. The van der Waals surface area contributed by atoms with Gasteiger partial charge >= 0.3 is 5.97 Å². The van der Waals surface area contributed by atoms with Gasteiger partial charge in [0.2, 0.25) is 0 Å². The molecule has 2 aromatic rings. The summed E-state index contributed by atoms with van der Waals surface area (Å²) in [6.07, 6.45) is 3.09. The molecule has 116 valence electrons. The highest BCUT2D eigenvalue weighted by atomic mass is 16.5. The van der Waals surface area contributed by atoms with Crippen molar-refractivity contribution in [3.05, 3.63) is 83.4 Å². The van der Waals surface area contributed by atoms with E-state index in [1.165, 1.54) is 6.08 Å². The van der Waals surface area contributed by atoms with E-state index in [1.54, 1.807) is 54.6 Å². The summed E-state index contributed by atoms with van der Waals surface area (Å²) in [5.74, 6) is -0.0231. The Bertz CT molecular complexity index is 866. The van der Waals surface area contributed by atoms with E-state index in [4.69, 9.17) is 15.3 Å². The molecule has 0 amide bonds. The van der Waals surface area contributed by atoms with Gasteiger partial charge in [0.1, 0.15) is 23.5 Å². The largest absolute Gasteiger partial charge is 0.422 e. The van der Waals surface area contributed by atoms with Crippen molar-refractivity contribution in [2.75, 3.05) is 0 Å². The fourth-order valence-corrected chi connectivity index (χ4v) is 2.01. The van der Waals surface area contributed by atoms with Crippen LogP contribution < -0.4 is 4.74 Å². The third-order valence-corrected chi connectivity index (χ3v) is 3.26. The first kappa shape index (κ1) is 16.7. The van der Waals surface area contributed by atoms with Crippen LogP contribution in [0.4, 0.5) is 0 Å². The van der Waals surface area contributed by atoms with Crippen LogP contribution in [0.15, 0.2) is 72.3 Å². The minimum atomic E-state index is -0.443. The van der Waals surface area contributed by atoms with Gasteiger partial charge in [-0.3, -0.25) is 0 Å². The minimum Gasteiger partial charge on any atom is -0.422 e. The highest BCUT2D eigenvalue weighted by molar-refractivity contribution is 5.91. The van der Waals surface area contributed by atoms with Gasteiger partial charge in [-0.25, -0.2) is 4.79 Å². The topological polar surface area (TPSA) is 73.9 Å². The molecule has 0 fully saturated rings. The maximum atomic E-state index is 12.2. The zero-order valence-electron chi connectivity index (χ0n) is 13.1. The fourth-order valence-electron chi connectivity index (χ4n) is 2.01. The lowest BCUT2D eigenvalue weighted by Gasteiger charge is -2.10. The zero-order chi connectivity index (χ0) is 17.4. The third kappa shape index (κ3) is 4.19. The molecular weight excluding hydrogens is 300 g/mol. The van der Waals surface area contributed by atoms with E-state index in [9.17, 15) is 4.79 Å². The molecule has 0 saturated heterocycles. The van der Waals surface area contributed by atoms with Crippen LogP contribution >= 0.6 is 0 Å². The Morgan fingerprint density at radius 3 is 2.25 bits per heavy atom. The molecule has 0 aromatic heterocycles. The number of hydrogen-bond acceptors (Lipinski definition) is 4. The lowest BCUT2D eigenvalue weighted by Crippen LogP contribution is -2.09. The average Bonchev–Trinajstić information content (AvgIpc) is 2.63. The molecular formula is C20H14N2O2. The Labute approximate surface area is 140 Å². The van der Waals surface area contributed by atoms with Crippen LogP contribution in [0.3, 0.4) is 0 Å². The maximum Gasteiger partial charge on any atom is 0.343 e. The smallest absolute Gasteiger partial charge is 0.343 e. The fraction of sp³-hybridized carbons (Fsp3) is 0.0500. The van der Waals surface area contributed by atoms with Gasteiger partial charge < -0.3 is 4.74 Å². The van der Waals surface area contributed by atoms with Crippen molar-refractivity contribution in [2.24, 2.45) is 0 Å². The lowest BCUT2D eigenvalue weighted by atomic mass is 10.1. The summed E-state index contributed by atoms with van der Waals surface area (Å²) >= 11 is 0. The molecule has 0 saturated carbocycles. The number of allylic oxidation sites excluding steroid dienone is 4. The Morgan fingerprint density at radius 2 is 1.58 bits per heavy atom. The summed E-state index contributed by atoms with van der Waals surface area (Å²) in [6, 6.07) is 19.4. The molecule has 0 unspecified atom stereocenters. The maximum absolute atomic E-state index is 12.2. The van der Waals surface area contributed by atoms with E-state index in [1.807, 2.05) is 25.1 Å². The number of carbonyl (C=O) groups excluding carboxylic acids is 1. The monoisotopic (exact) mass is 314 g/mol. The highest BCUT2D eigenvalue weighted by Gasteiger charge is 2.11. The van der Waals surface area contributed by atoms with Gasteiger partial charge in [0.25, 0.3) is 0 Å². The zero-order valence-corrected chi connectivity index (χ0v) is 13.1. The van der Waals surface area contributed by atoms with E-state index in [2.05, 4.69) is 0 Å². The van der Waals surface area contributed by atoms with E-state index < -0.39 is 5.97 Å². The summed E-state index contributed by atoms with van der Waals surface area (Å²) in [5.41, 5.74) is 1.96. The van der Waals surface area contributed by atoms with Crippen molar-refractivity contribution >= 4 is 11.5 Å². The average molecular weight is 314 g/mol. The quantitative estimate of drug-likeness (QED) is 0.365. The molecule has 2 rings (SSSR count). The molecule has 24 heavy (non-hydrogen) atoms. The Hall–Kier alpha value is -3.63. The normalized spacial score (nSPS) is 10.2. The summed E-state index contributed by atoms with van der Waals surface area (Å²) in [5, 5.41) is 17.5. The van der Waals surface area contributed by atoms with Crippen molar-refractivity contribution in [1.29, 1.82) is 10.5 Å². The van der Waals surface area contributed by atoms with E-state index in [-0.39, 0.29) is 5.57 Å². The van der Waals surface area contributed by atoms with Crippen LogP contribution in [0.25, 0.3) is 5.57 Å². The predicted molar refractivity (Wildman–Crippen MR) is 90.8 cm³/mol. The number of carbonyl (C=O) groups is 1.